The maximum atomic E-state index is 5.88. The summed E-state index contributed by atoms with van der Waals surface area (Å²) in [6.45, 7) is 4.41. The molecule has 1 heterocycles. The quantitative estimate of drug-likeness (QED) is 0.729. The number of halogens is 1. The van der Waals surface area contributed by atoms with E-state index in [4.69, 9.17) is 16.3 Å². The summed E-state index contributed by atoms with van der Waals surface area (Å²) in [6, 6.07) is 0. The Morgan fingerprint density at radius 2 is 2.11 bits per heavy atom. The van der Waals surface area contributed by atoms with Crippen molar-refractivity contribution < 1.29 is 4.74 Å². The smallest absolute Gasteiger partial charge is 0.231 e. The minimum absolute atomic E-state index is 0.206. The fourth-order valence-corrected chi connectivity index (χ4v) is 1.53. The predicted octanol–water partition coefficient (Wildman–Crippen LogP) is 1.82. The van der Waals surface area contributed by atoms with Crippen LogP contribution in [-0.2, 0) is 4.74 Å². The second-order valence-electron chi connectivity index (χ2n) is 3.92. The van der Waals surface area contributed by atoms with E-state index in [-0.39, 0.29) is 5.28 Å². The van der Waals surface area contributed by atoms with Gasteiger partial charge in [-0.05, 0) is 24.4 Å². The van der Waals surface area contributed by atoms with E-state index in [1.54, 1.807) is 7.11 Å². The summed E-state index contributed by atoms with van der Waals surface area (Å²) < 4.78 is 5.01. The van der Waals surface area contributed by atoms with Gasteiger partial charge in [0.1, 0.15) is 0 Å². The standard InChI is InChI=1S/C11H20ClN5O/c1-4-6-13-10-14-9(12)15-11(16-10)17(2)7-5-8-18-3/h4-8H2,1-3H3,(H,13,14,15,16). The number of nitrogens with one attached hydrogen (secondary N) is 1. The van der Waals surface area contributed by atoms with Crippen LogP contribution in [0.3, 0.4) is 0 Å². The summed E-state index contributed by atoms with van der Waals surface area (Å²) in [5.41, 5.74) is 0. The van der Waals surface area contributed by atoms with Gasteiger partial charge in [0.05, 0.1) is 0 Å². The Kier molecular flexibility index (Phi) is 6.67. The molecular formula is C11H20ClN5O. The van der Waals surface area contributed by atoms with Crippen molar-refractivity contribution in [3.05, 3.63) is 5.28 Å². The van der Waals surface area contributed by atoms with Crippen LogP contribution in [0, 0.1) is 0 Å². The van der Waals surface area contributed by atoms with Crippen molar-refractivity contribution in [1.82, 2.24) is 15.0 Å². The van der Waals surface area contributed by atoms with E-state index in [0.717, 1.165) is 25.9 Å². The number of methoxy groups -OCH3 is 1. The Labute approximate surface area is 113 Å². The molecule has 1 rings (SSSR count). The van der Waals surface area contributed by atoms with Crippen LogP contribution >= 0.6 is 11.6 Å². The summed E-state index contributed by atoms with van der Waals surface area (Å²) in [5, 5.41) is 3.31. The molecule has 102 valence electrons. The first-order valence-corrected chi connectivity index (χ1v) is 6.40. The molecule has 0 saturated carbocycles. The van der Waals surface area contributed by atoms with Gasteiger partial charge in [0.25, 0.3) is 0 Å². The van der Waals surface area contributed by atoms with Crippen LogP contribution in [-0.4, -0.2) is 48.8 Å². The van der Waals surface area contributed by atoms with Crippen LogP contribution in [0.4, 0.5) is 11.9 Å². The first-order chi connectivity index (χ1) is 8.67. The van der Waals surface area contributed by atoms with E-state index >= 15 is 0 Å². The highest BCUT2D eigenvalue weighted by molar-refractivity contribution is 6.28. The van der Waals surface area contributed by atoms with Gasteiger partial charge in [-0.15, -0.1) is 0 Å². The molecule has 0 aliphatic carbocycles. The molecular weight excluding hydrogens is 254 g/mol. The predicted molar refractivity (Wildman–Crippen MR) is 73.4 cm³/mol. The summed E-state index contributed by atoms with van der Waals surface area (Å²) >= 11 is 5.88. The highest BCUT2D eigenvalue weighted by Gasteiger charge is 2.08. The lowest BCUT2D eigenvalue weighted by Gasteiger charge is -2.17. The van der Waals surface area contributed by atoms with Crippen LogP contribution in [0.2, 0.25) is 5.28 Å². The Morgan fingerprint density at radius 3 is 2.78 bits per heavy atom. The molecule has 1 aromatic heterocycles. The topological polar surface area (TPSA) is 63.2 Å². The lowest BCUT2D eigenvalue weighted by atomic mass is 10.4. The zero-order valence-electron chi connectivity index (χ0n) is 11.1. The summed E-state index contributed by atoms with van der Waals surface area (Å²) in [5.74, 6) is 1.09. The van der Waals surface area contributed by atoms with Gasteiger partial charge < -0.3 is 15.0 Å². The molecule has 18 heavy (non-hydrogen) atoms. The van der Waals surface area contributed by atoms with Crippen molar-refractivity contribution in [2.24, 2.45) is 0 Å². The van der Waals surface area contributed by atoms with Crippen LogP contribution in [0.25, 0.3) is 0 Å². The molecule has 0 radical (unpaired) electrons. The second kappa shape index (κ2) is 8.05. The van der Waals surface area contributed by atoms with Gasteiger partial charge in [-0.25, -0.2) is 0 Å². The molecule has 0 amide bonds. The average Bonchev–Trinajstić information content (AvgIpc) is 2.36. The van der Waals surface area contributed by atoms with Crippen LogP contribution in [0.15, 0.2) is 0 Å². The molecule has 0 aromatic carbocycles. The van der Waals surface area contributed by atoms with Gasteiger partial charge in [-0.3, -0.25) is 0 Å². The molecule has 0 fully saturated rings. The number of hydrogen-bond acceptors (Lipinski definition) is 6. The molecule has 0 aliphatic rings. The Bertz CT molecular complexity index is 363. The van der Waals surface area contributed by atoms with Crippen molar-refractivity contribution in [3.63, 3.8) is 0 Å². The lowest BCUT2D eigenvalue weighted by molar-refractivity contribution is 0.196. The molecule has 0 atom stereocenters. The number of nitrogens with zero attached hydrogens (tertiary/aromatic N) is 4. The van der Waals surface area contributed by atoms with Gasteiger partial charge in [0, 0.05) is 33.9 Å². The number of rotatable bonds is 8. The van der Waals surface area contributed by atoms with Crippen molar-refractivity contribution >= 4 is 23.5 Å². The van der Waals surface area contributed by atoms with E-state index in [1.165, 1.54) is 0 Å². The molecule has 0 saturated heterocycles. The highest BCUT2D eigenvalue weighted by atomic mass is 35.5. The van der Waals surface area contributed by atoms with Gasteiger partial charge in [-0.1, -0.05) is 6.92 Å². The van der Waals surface area contributed by atoms with Crippen molar-refractivity contribution in [2.75, 3.05) is 44.1 Å². The minimum Gasteiger partial charge on any atom is -0.385 e. The van der Waals surface area contributed by atoms with Crippen molar-refractivity contribution in [1.29, 1.82) is 0 Å². The normalized spacial score (nSPS) is 10.4. The average molecular weight is 274 g/mol. The van der Waals surface area contributed by atoms with Gasteiger partial charge in [0.15, 0.2) is 0 Å². The largest absolute Gasteiger partial charge is 0.385 e. The van der Waals surface area contributed by atoms with Gasteiger partial charge >= 0.3 is 0 Å². The van der Waals surface area contributed by atoms with E-state index in [2.05, 4.69) is 27.2 Å². The Morgan fingerprint density at radius 1 is 1.33 bits per heavy atom. The monoisotopic (exact) mass is 273 g/mol. The number of hydrogen-bond donors (Lipinski definition) is 1. The van der Waals surface area contributed by atoms with E-state index in [9.17, 15) is 0 Å². The van der Waals surface area contributed by atoms with E-state index in [0.29, 0.717) is 18.5 Å². The molecule has 0 spiro atoms. The number of ether oxygens (including phenoxy) is 1. The minimum atomic E-state index is 0.206. The summed E-state index contributed by atoms with van der Waals surface area (Å²) in [6.07, 6.45) is 1.91. The molecule has 0 aliphatic heterocycles. The third-order valence-electron chi connectivity index (χ3n) is 2.31. The van der Waals surface area contributed by atoms with Gasteiger partial charge in [-0.2, -0.15) is 15.0 Å². The first kappa shape index (κ1) is 14.9. The van der Waals surface area contributed by atoms with Crippen LogP contribution in [0.5, 0.6) is 0 Å². The fourth-order valence-electron chi connectivity index (χ4n) is 1.37. The summed E-state index contributed by atoms with van der Waals surface area (Å²) in [7, 11) is 3.61. The molecule has 0 unspecified atom stereocenters. The first-order valence-electron chi connectivity index (χ1n) is 6.03. The molecule has 6 nitrogen and oxygen atoms in total. The van der Waals surface area contributed by atoms with E-state index < -0.39 is 0 Å². The second-order valence-corrected chi connectivity index (χ2v) is 4.26. The summed E-state index contributed by atoms with van der Waals surface area (Å²) in [4.78, 5) is 14.4. The Hall–Kier alpha value is -1.14. The van der Waals surface area contributed by atoms with Crippen LogP contribution in [0.1, 0.15) is 19.8 Å². The van der Waals surface area contributed by atoms with Crippen molar-refractivity contribution in [3.8, 4) is 0 Å². The third kappa shape index (κ3) is 5.01. The van der Waals surface area contributed by atoms with E-state index in [1.807, 2.05) is 11.9 Å². The van der Waals surface area contributed by atoms with Crippen molar-refractivity contribution in [2.45, 2.75) is 19.8 Å². The third-order valence-corrected chi connectivity index (χ3v) is 2.48. The molecule has 1 N–H and O–H groups in total. The highest BCUT2D eigenvalue weighted by Crippen LogP contribution is 2.12. The van der Waals surface area contributed by atoms with Gasteiger partial charge in [0.2, 0.25) is 17.2 Å². The number of anilines is 2. The SMILES string of the molecule is CCCNc1nc(Cl)nc(N(C)CCCOC)n1. The lowest BCUT2D eigenvalue weighted by Crippen LogP contribution is -2.23. The maximum absolute atomic E-state index is 5.88. The maximum Gasteiger partial charge on any atom is 0.231 e. The molecule has 1 aromatic rings. The van der Waals surface area contributed by atoms with Crippen LogP contribution < -0.4 is 10.2 Å². The zero-order valence-corrected chi connectivity index (χ0v) is 11.9. The number of aromatic nitrogens is 3. The Balaban J connectivity index is 2.65. The zero-order chi connectivity index (χ0) is 13.4. The molecule has 7 heteroatoms. The molecule has 0 bridgehead atoms. The fraction of sp³-hybridized carbons (Fsp3) is 0.727.